The summed E-state index contributed by atoms with van der Waals surface area (Å²) >= 11 is 3.03. The van der Waals surface area contributed by atoms with Crippen molar-refractivity contribution in [2.75, 3.05) is 12.4 Å². The molecule has 14 heavy (non-hydrogen) atoms. The highest BCUT2D eigenvalue weighted by molar-refractivity contribution is 9.09. The van der Waals surface area contributed by atoms with Gasteiger partial charge in [0.1, 0.15) is 5.69 Å². The number of halogens is 1. The largest absolute Gasteiger partial charge is 0.465 e. The lowest BCUT2D eigenvalue weighted by Gasteiger charge is -1.99. The average molecular weight is 258 g/mol. The Balaban J connectivity index is 2.89. The van der Waals surface area contributed by atoms with Crippen LogP contribution in [0.25, 0.3) is 0 Å². The first kappa shape index (κ1) is 10.8. The summed E-state index contributed by atoms with van der Waals surface area (Å²) in [4.78, 5) is 26.0. The topological polar surface area (TPSA) is 56.3 Å². The SMILES string of the molecule is COC(=O)c1ccc(C(=O)CBr)nc1. The number of Topliss-reactive ketones (excluding diaryl/α,β-unsaturated/α-hetero) is 1. The average Bonchev–Trinajstić information content (AvgIpc) is 2.27. The minimum absolute atomic E-state index is 0.124. The van der Waals surface area contributed by atoms with Crippen LogP contribution in [0.3, 0.4) is 0 Å². The summed E-state index contributed by atoms with van der Waals surface area (Å²) in [6, 6.07) is 3.00. The van der Waals surface area contributed by atoms with Crippen molar-refractivity contribution < 1.29 is 14.3 Å². The van der Waals surface area contributed by atoms with Crippen LogP contribution in [0.2, 0.25) is 0 Å². The van der Waals surface area contributed by atoms with Gasteiger partial charge in [0.05, 0.1) is 18.0 Å². The molecule has 5 heteroatoms. The van der Waals surface area contributed by atoms with Crippen LogP contribution in [0, 0.1) is 0 Å². The van der Waals surface area contributed by atoms with Crippen LogP contribution in [0.15, 0.2) is 18.3 Å². The Labute approximate surface area is 89.4 Å². The molecule has 4 nitrogen and oxygen atoms in total. The molecule has 0 aliphatic heterocycles. The van der Waals surface area contributed by atoms with E-state index in [1.165, 1.54) is 25.4 Å². The summed E-state index contributed by atoms with van der Waals surface area (Å²) < 4.78 is 4.49. The second kappa shape index (κ2) is 4.85. The van der Waals surface area contributed by atoms with Crippen molar-refractivity contribution in [2.24, 2.45) is 0 Å². The molecule has 1 heterocycles. The van der Waals surface area contributed by atoms with Gasteiger partial charge in [-0.2, -0.15) is 0 Å². The van der Waals surface area contributed by atoms with Crippen molar-refractivity contribution in [2.45, 2.75) is 0 Å². The van der Waals surface area contributed by atoms with E-state index in [1.807, 2.05) is 0 Å². The molecule has 0 aliphatic carbocycles. The molecule has 0 radical (unpaired) electrons. The van der Waals surface area contributed by atoms with Gasteiger partial charge in [-0.15, -0.1) is 0 Å². The maximum absolute atomic E-state index is 11.1. The summed E-state index contributed by atoms with van der Waals surface area (Å²) in [6.07, 6.45) is 1.32. The van der Waals surface area contributed by atoms with Gasteiger partial charge in [-0.3, -0.25) is 9.78 Å². The molecular formula is C9H8BrNO3. The summed E-state index contributed by atoms with van der Waals surface area (Å²) in [6.45, 7) is 0. The van der Waals surface area contributed by atoms with Crippen LogP contribution < -0.4 is 0 Å². The van der Waals surface area contributed by atoms with Crippen molar-refractivity contribution >= 4 is 27.7 Å². The minimum Gasteiger partial charge on any atom is -0.465 e. The molecule has 0 saturated heterocycles. The second-order valence-electron chi connectivity index (χ2n) is 2.48. The van der Waals surface area contributed by atoms with Crippen molar-refractivity contribution in [1.82, 2.24) is 4.98 Å². The Morgan fingerprint density at radius 2 is 2.21 bits per heavy atom. The molecule has 0 atom stereocenters. The predicted octanol–water partition coefficient (Wildman–Crippen LogP) is 1.45. The van der Waals surface area contributed by atoms with Crippen LogP contribution in [-0.4, -0.2) is 29.2 Å². The molecule has 1 aromatic heterocycles. The highest BCUT2D eigenvalue weighted by Gasteiger charge is 2.08. The molecule has 0 aliphatic rings. The first-order chi connectivity index (χ1) is 6.69. The van der Waals surface area contributed by atoms with Gasteiger partial charge in [-0.25, -0.2) is 4.79 Å². The van der Waals surface area contributed by atoms with E-state index in [0.29, 0.717) is 11.3 Å². The molecule has 0 fully saturated rings. The fourth-order valence-electron chi connectivity index (χ4n) is 0.866. The third-order valence-electron chi connectivity index (χ3n) is 1.59. The number of esters is 1. The smallest absolute Gasteiger partial charge is 0.339 e. The third kappa shape index (κ3) is 2.38. The van der Waals surface area contributed by atoms with Crippen molar-refractivity contribution in [3.8, 4) is 0 Å². The lowest BCUT2D eigenvalue weighted by molar-refractivity contribution is 0.0600. The zero-order chi connectivity index (χ0) is 10.6. The van der Waals surface area contributed by atoms with Gasteiger partial charge in [-0.05, 0) is 12.1 Å². The second-order valence-corrected chi connectivity index (χ2v) is 3.04. The number of carbonyl (C=O) groups is 2. The van der Waals surface area contributed by atoms with E-state index in [0.717, 1.165) is 0 Å². The van der Waals surface area contributed by atoms with E-state index < -0.39 is 5.97 Å². The van der Waals surface area contributed by atoms with Gasteiger partial charge in [0.25, 0.3) is 0 Å². The van der Waals surface area contributed by atoms with E-state index in [4.69, 9.17) is 0 Å². The normalized spacial score (nSPS) is 9.57. The number of methoxy groups -OCH3 is 1. The number of alkyl halides is 1. The van der Waals surface area contributed by atoms with Crippen LogP contribution >= 0.6 is 15.9 Å². The minimum atomic E-state index is -0.463. The zero-order valence-electron chi connectivity index (χ0n) is 7.49. The quantitative estimate of drug-likeness (QED) is 0.467. The Morgan fingerprint density at radius 3 is 2.64 bits per heavy atom. The number of ketones is 1. The van der Waals surface area contributed by atoms with Gasteiger partial charge in [0.15, 0.2) is 5.78 Å². The molecule has 0 unspecified atom stereocenters. The number of carbonyl (C=O) groups excluding carboxylic acids is 2. The van der Waals surface area contributed by atoms with Gasteiger partial charge >= 0.3 is 5.97 Å². The number of rotatable bonds is 3. The summed E-state index contributed by atoms with van der Waals surface area (Å²) in [5, 5.41) is 0.220. The summed E-state index contributed by atoms with van der Waals surface area (Å²) in [5.41, 5.74) is 0.660. The van der Waals surface area contributed by atoms with E-state index in [9.17, 15) is 9.59 Å². The molecule has 0 N–H and O–H groups in total. The van der Waals surface area contributed by atoms with E-state index in [-0.39, 0.29) is 11.1 Å². The molecule has 0 spiro atoms. The molecule has 0 bridgehead atoms. The Kier molecular flexibility index (Phi) is 3.76. The van der Waals surface area contributed by atoms with Crippen LogP contribution in [0.1, 0.15) is 20.8 Å². The Morgan fingerprint density at radius 1 is 1.50 bits per heavy atom. The Hall–Kier alpha value is -1.23. The number of pyridine rings is 1. The van der Waals surface area contributed by atoms with E-state index in [1.54, 1.807) is 0 Å². The number of ether oxygens (including phenoxy) is 1. The predicted molar refractivity (Wildman–Crippen MR) is 53.7 cm³/mol. The van der Waals surface area contributed by atoms with Crippen molar-refractivity contribution in [3.05, 3.63) is 29.6 Å². The van der Waals surface area contributed by atoms with Crippen molar-refractivity contribution in [3.63, 3.8) is 0 Å². The standard InChI is InChI=1S/C9H8BrNO3/c1-14-9(13)6-2-3-7(11-5-6)8(12)4-10/h2-3,5H,4H2,1H3. The zero-order valence-corrected chi connectivity index (χ0v) is 9.08. The van der Waals surface area contributed by atoms with Crippen molar-refractivity contribution in [1.29, 1.82) is 0 Å². The first-order valence-electron chi connectivity index (χ1n) is 3.82. The van der Waals surface area contributed by atoms with E-state index in [2.05, 4.69) is 25.7 Å². The first-order valence-corrected chi connectivity index (χ1v) is 4.94. The summed E-state index contributed by atoms with van der Waals surface area (Å²) in [7, 11) is 1.29. The third-order valence-corrected chi connectivity index (χ3v) is 2.10. The molecule has 0 saturated carbocycles. The number of hydrogen-bond donors (Lipinski definition) is 0. The van der Waals surface area contributed by atoms with E-state index >= 15 is 0 Å². The number of nitrogens with zero attached hydrogens (tertiary/aromatic N) is 1. The molecule has 1 aromatic rings. The number of aromatic nitrogens is 1. The monoisotopic (exact) mass is 257 g/mol. The highest BCUT2D eigenvalue weighted by atomic mass is 79.9. The molecule has 74 valence electrons. The fourth-order valence-corrected chi connectivity index (χ4v) is 1.15. The molecular weight excluding hydrogens is 250 g/mol. The fraction of sp³-hybridized carbons (Fsp3) is 0.222. The van der Waals surface area contributed by atoms with Gasteiger partial charge < -0.3 is 4.74 Å². The summed E-state index contributed by atoms with van der Waals surface area (Å²) in [5.74, 6) is -0.586. The van der Waals surface area contributed by atoms with Crippen LogP contribution in [-0.2, 0) is 4.74 Å². The Bertz CT molecular complexity index is 313. The van der Waals surface area contributed by atoms with Crippen LogP contribution in [0.5, 0.6) is 0 Å². The van der Waals surface area contributed by atoms with Gasteiger partial charge in [0.2, 0.25) is 0 Å². The van der Waals surface area contributed by atoms with Gasteiger partial charge in [-0.1, -0.05) is 15.9 Å². The lowest BCUT2D eigenvalue weighted by atomic mass is 10.2. The molecule has 1 rings (SSSR count). The van der Waals surface area contributed by atoms with Crippen LogP contribution in [0.4, 0.5) is 0 Å². The maximum atomic E-state index is 11.1. The number of hydrogen-bond acceptors (Lipinski definition) is 4. The van der Waals surface area contributed by atoms with Gasteiger partial charge in [0, 0.05) is 6.20 Å². The lowest BCUT2D eigenvalue weighted by Crippen LogP contribution is -2.06. The maximum Gasteiger partial charge on any atom is 0.339 e. The molecule has 0 aromatic carbocycles. The molecule has 0 amide bonds. The highest BCUT2D eigenvalue weighted by Crippen LogP contribution is 2.03.